The van der Waals surface area contributed by atoms with Gasteiger partial charge in [-0.3, -0.25) is 9.28 Å². The van der Waals surface area contributed by atoms with Crippen LogP contribution in [0.15, 0.2) is 24.3 Å². The maximum absolute atomic E-state index is 10.4. The summed E-state index contributed by atoms with van der Waals surface area (Å²) < 4.78 is 0.777. The second kappa shape index (κ2) is 4.45. The maximum atomic E-state index is 10.4. The molecule has 0 heterocycles. The Hall–Kier alpha value is -1.35. The lowest BCUT2D eigenvalue weighted by atomic mass is 10.1. The van der Waals surface area contributed by atoms with Crippen LogP contribution in [0.3, 0.4) is 0 Å². The highest BCUT2D eigenvalue weighted by atomic mass is 16.4. The minimum atomic E-state index is -0.745. The summed E-state index contributed by atoms with van der Waals surface area (Å²) in [6.45, 7) is 0. The van der Waals surface area contributed by atoms with Gasteiger partial charge in [-0.2, -0.15) is 0 Å². The third-order valence-electron chi connectivity index (χ3n) is 2.34. The molecule has 3 nitrogen and oxygen atoms in total. The Morgan fingerprint density at radius 2 is 1.73 bits per heavy atom. The van der Waals surface area contributed by atoms with E-state index in [2.05, 4.69) is 33.3 Å². The molecule has 1 aromatic rings. The largest absolute Gasteiger partial charge is 0.481 e. The third kappa shape index (κ3) is 3.72. The lowest BCUT2D eigenvalue weighted by Gasteiger charge is -2.23. The summed E-state index contributed by atoms with van der Waals surface area (Å²) in [7, 11) is 6.31. The quantitative estimate of drug-likeness (QED) is 0.767. The fourth-order valence-electron chi connectivity index (χ4n) is 1.36. The van der Waals surface area contributed by atoms with Crippen molar-refractivity contribution in [1.29, 1.82) is 0 Å². The van der Waals surface area contributed by atoms with Crippen LogP contribution in [0.2, 0.25) is 0 Å². The van der Waals surface area contributed by atoms with Crippen LogP contribution in [0.25, 0.3) is 0 Å². The maximum Gasteiger partial charge on any atom is 0.303 e. The average molecular weight is 208 g/mol. The van der Waals surface area contributed by atoms with E-state index in [1.165, 1.54) is 5.69 Å². The first kappa shape index (κ1) is 11.7. The molecule has 0 saturated heterocycles. The molecule has 0 atom stereocenters. The van der Waals surface area contributed by atoms with Crippen LogP contribution >= 0.6 is 0 Å². The zero-order valence-corrected chi connectivity index (χ0v) is 9.53. The normalized spacial score (nSPS) is 11.4. The highest BCUT2D eigenvalue weighted by molar-refractivity contribution is 5.67. The summed E-state index contributed by atoms with van der Waals surface area (Å²) >= 11 is 0. The molecule has 1 N–H and O–H groups in total. The second-order valence-corrected chi connectivity index (χ2v) is 4.57. The number of quaternary nitrogens is 1. The average Bonchev–Trinajstić information content (AvgIpc) is 2.14. The number of aliphatic carboxylic acids is 1. The van der Waals surface area contributed by atoms with Gasteiger partial charge in [0.05, 0.1) is 21.1 Å². The van der Waals surface area contributed by atoms with Gasteiger partial charge in [-0.25, -0.2) is 0 Å². The molecule has 1 aromatic carbocycles. The predicted octanol–water partition coefficient (Wildman–Crippen LogP) is 1.90. The van der Waals surface area contributed by atoms with Crippen LogP contribution in [0.1, 0.15) is 12.0 Å². The predicted molar refractivity (Wildman–Crippen MR) is 62.0 cm³/mol. The molecule has 0 aliphatic heterocycles. The molecule has 0 unspecified atom stereocenters. The second-order valence-electron chi connectivity index (χ2n) is 4.57. The van der Waals surface area contributed by atoms with Gasteiger partial charge < -0.3 is 5.11 Å². The van der Waals surface area contributed by atoms with E-state index < -0.39 is 5.97 Å². The highest BCUT2D eigenvalue weighted by Crippen LogP contribution is 2.17. The van der Waals surface area contributed by atoms with E-state index in [4.69, 9.17) is 5.11 Å². The Labute approximate surface area is 90.5 Å². The van der Waals surface area contributed by atoms with E-state index in [0.717, 1.165) is 10.0 Å². The van der Waals surface area contributed by atoms with Gasteiger partial charge in [0.15, 0.2) is 0 Å². The number of carbonyl (C=O) groups is 1. The lowest BCUT2D eigenvalue weighted by Crippen LogP contribution is -2.34. The summed E-state index contributed by atoms with van der Waals surface area (Å²) in [6.07, 6.45) is 0.802. The van der Waals surface area contributed by atoms with Crippen molar-refractivity contribution in [3.05, 3.63) is 29.8 Å². The van der Waals surface area contributed by atoms with Crippen molar-refractivity contribution in [3.63, 3.8) is 0 Å². The van der Waals surface area contributed by atoms with Crippen LogP contribution < -0.4 is 4.48 Å². The molecule has 0 aliphatic carbocycles. The Morgan fingerprint density at radius 1 is 1.20 bits per heavy atom. The van der Waals surface area contributed by atoms with E-state index in [-0.39, 0.29) is 6.42 Å². The first-order valence-electron chi connectivity index (χ1n) is 5.02. The Kier molecular flexibility index (Phi) is 3.48. The van der Waals surface area contributed by atoms with Crippen LogP contribution in [-0.4, -0.2) is 32.2 Å². The van der Waals surface area contributed by atoms with Crippen LogP contribution in [0.4, 0.5) is 5.69 Å². The number of benzene rings is 1. The fourth-order valence-corrected chi connectivity index (χ4v) is 1.36. The minimum Gasteiger partial charge on any atom is -0.481 e. The molecule has 0 bridgehead atoms. The van der Waals surface area contributed by atoms with Gasteiger partial charge in [0.2, 0.25) is 0 Å². The molecule has 0 saturated carbocycles. The van der Waals surface area contributed by atoms with E-state index in [1.54, 1.807) is 0 Å². The van der Waals surface area contributed by atoms with E-state index in [1.807, 2.05) is 12.1 Å². The van der Waals surface area contributed by atoms with Gasteiger partial charge in [0, 0.05) is 6.42 Å². The van der Waals surface area contributed by atoms with Crippen molar-refractivity contribution >= 4 is 11.7 Å². The third-order valence-corrected chi connectivity index (χ3v) is 2.34. The van der Waals surface area contributed by atoms with Crippen molar-refractivity contribution in [3.8, 4) is 0 Å². The van der Waals surface area contributed by atoms with Crippen LogP contribution in [0.5, 0.6) is 0 Å². The van der Waals surface area contributed by atoms with Crippen LogP contribution in [0, 0.1) is 0 Å². The first-order chi connectivity index (χ1) is 6.89. The smallest absolute Gasteiger partial charge is 0.303 e. The summed E-state index contributed by atoms with van der Waals surface area (Å²) in [5, 5.41) is 8.56. The minimum absolute atomic E-state index is 0.198. The van der Waals surface area contributed by atoms with E-state index >= 15 is 0 Å². The van der Waals surface area contributed by atoms with Crippen molar-refractivity contribution in [2.24, 2.45) is 0 Å². The van der Waals surface area contributed by atoms with Gasteiger partial charge in [-0.1, -0.05) is 12.1 Å². The van der Waals surface area contributed by atoms with Gasteiger partial charge >= 0.3 is 5.97 Å². The summed E-state index contributed by atoms with van der Waals surface area (Å²) in [5.41, 5.74) is 2.30. The first-order valence-corrected chi connectivity index (χ1v) is 5.02. The molecular formula is C12H18NO2+. The molecule has 0 aliphatic rings. The molecule has 0 radical (unpaired) electrons. The number of hydrogen-bond acceptors (Lipinski definition) is 1. The molecule has 0 amide bonds. The summed E-state index contributed by atoms with van der Waals surface area (Å²) in [4.78, 5) is 10.4. The zero-order valence-electron chi connectivity index (χ0n) is 9.53. The molecule has 15 heavy (non-hydrogen) atoms. The topological polar surface area (TPSA) is 37.3 Å². The molecule has 82 valence electrons. The van der Waals surface area contributed by atoms with Crippen molar-refractivity contribution < 1.29 is 9.90 Å². The van der Waals surface area contributed by atoms with E-state index in [0.29, 0.717) is 6.42 Å². The van der Waals surface area contributed by atoms with Gasteiger partial charge in [0.1, 0.15) is 5.69 Å². The highest BCUT2D eigenvalue weighted by Gasteiger charge is 2.11. The van der Waals surface area contributed by atoms with Crippen molar-refractivity contribution in [2.75, 3.05) is 21.1 Å². The number of carboxylic acids is 1. The Bertz CT molecular complexity index is 336. The molecular weight excluding hydrogens is 190 g/mol. The van der Waals surface area contributed by atoms with E-state index in [9.17, 15) is 4.79 Å². The summed E-state index contributed by atoms with van der Waals surface area (Å²) in [5.74, 6) is -0.745. The SMILES string of the molecule is C[N+](C)(C)c1ccc(CCC(=O)O)cc1. The van der Waals surface area contributed by atoms with Crippen molar-refractivity contribution in [1.82, 2.24) is 4.48 Å². The monoisotopic (exact) mass is 208 g/mol. The van der Waals surface area contributed by atoms with Gasteiger partial charge in [-0.05, 0) is 24.1 Å². The number of nitrogens with zero attached hydrogens (tertiary/aromatic N) is 1. The molecule has 0 fully saturated rings. The van der Waals surface area contributed by atoms with Gasteiger partial charge in [-0.15, -0.1) is 0 Å². The summed E-state index contributed by atoms with van der Waals surface area (Å²) in [6, 6.07) is 8.11. The fraction of sp³-hybridized carbons (Fsp3) is 0.417. The Balaban J connectivity index is 2.69. The Morgan fingerprint density at radius 3 is 2.13 bits per heavy atom. The number of hydrogen-bond donors (Lipinski definition) is 1. The standard InChI is InChI=1S/C12H17NO2/c1-13(2,3)11-7-4-10(5-8-11)6-9-12(14)15/h4-5,7-8H,6,9H2,1-3H3/p+1. The van der Waals surface area contributed by atoms with Crippen LogP contribution in [-0.2, 0) is 11.2 Å². The number of aryl methyl sites for hydroxylation is 1. The van der Waals surface area contributed by atoms with Crippen molar-refractivity contribution in [2.45, 2.75) is 12.8 Å². The van der Waals surface area contributed by atoms with Gasteiger partial charge in [0.25, 0.3) is 0 Å². The molecule has 1 rings (SSSR count). The molecule has 0 aromatic heterocycles. The number of rotatable bonds is 4. The number of carboxylic acid groups (broad SMARTS) is 1. The zero-order chi connectivity index (χ0) is 11.5. The lowest BCUT2D eigenvalue weighted by molar-refractivity contribution is -0.136. The molecule has 3 heteroatoms. The molecule has 0 spiro atoms.